The van der Waals surface area contributed by atoms with E-state index in [2.05, 4.69) is 26.3 Å². The fraction of sp³-hybridized carbons (Fsp3) is 0.160. The molecule has 0 aromatic heterocycles. The summed E-state index contributed by atoms with van der Waals surface area (Å²) in [5, 5.41) is 53.6. The van der Waals surface area contributed by atoms with Gasteiger partial charge in [-0.15, -0.1) is 26.3 Å². The van der Waals surface area contributed by atoms with Crippen LogP contribution in [0.2, 0.25) is 0 Å². The van der Waals surface area contributed by atoms with Crippen molar-refractivity contribution in [2.75, 3.05) is 28.4 Å². The molecule has 0 aliphatic heterocycles. The third-order valence-corrected chi connectivity index (χ3v) is 9.42. The molecule has 0 amide bonds. The van der Waals surface area contributed by atoms with Crippen molar-refractivity contribution in [1.29, 1.82) is 0 Å². The van der Waals surface area contributed by atoms with Crippen LogP contribution in [0, 0.1) is 0 Å². The van der Waals surface area contributed by atoms with Crippen molar-refractivity contribution in [1.82, 2.24) is 0 Å². The molecular formula is C50H46N4O8Zn2. The van der Waals surface area contributed by atoms with Gasteiger partial charge in [-0.3, -0.25) is 20.0 Å². The Hall–Kier alpha value is -6.61. The molecular weight excluding hydrogens is 915 g/mol. The molecule has 0 saturated carbocycles. The molecule has 5 rings (SSSR count). The van der Waals surface area contributed by atoms with Gasteiger partial charge in [0.05, 0.1) is 51.2 Å². The first-order valence-electron chi connectivity index (χ1n) is 19.3. The molecule has 0 aliphatic carbocycles. The Morgan fingerprint density at radius 2 is 0.578 bits per heavy atom. The fourth-order valence-electron chi connectivity index (χ4n) is 6.39. The van der Waals surface area contributed by atoms with Gasteiger partial charge in [0.15, 0.2) is 0 Å². The van der Waals surface area contributed by atoms with Crippen LogP contribution in [0.4, 0.5) is 22.7 Å². The van der Waals surface area contributed by atoms with Crippen LogP contribution < -0.4 is 39.4 Å². The van der Waals surface area contributed by atoms with E-state index < -0.39 is 23.0 Å². The molecule has 12 nitrogen and oxygen atoms in total. The number of ether oxygens (including phenoxy) is 4. The quantitative estimate of drug-likeness (QED) is 0.0429. The van der Waals surface area contributed by atoms with Crippen LogP contribution in [0.25, 0.3) is 0 Å². The zero-order chi connectivity index (χ0) is 44.8. The molecule has 0 atom stereocenters. The average molecular weight is 962 g/mol. The smallest absolute Gasteiger partial charge is 0.870 e. The van der Waals surface area contributed by atoms with Gasteiger partial charge >= 0.3 is 39.0 Å². The van der Waals surface area contributed by atoms with Crippen molar-refractivity contribution in [2.24, 2.45) is 20.0 Å². The Morgan fingerprint density at radius 3 is 0.750 bits per heavy atom. The second-order valence-corrected chi connectivity index (χ2v) is 13.7. The molecule has 64 heavy (non-hydrogen) atoms. The van der Waals surface area contributed by atoms with E-state index in [-0.39, 0.29) is 107 Å². The van der Waals surface area contributed by atoms with Gasteiger partial charge < -0.3 is 39.4 Å². The van der Waals surface area contributed by atoms with E-state index in [4.69, 9.17) is 38.9 Å². The first kappa shape index (κ1) is 51.7. The number of allylic oxidation sites excluding steroid dienone is 4. The predicted molar refractivity (Wildman–Crippen MR) is 241 cm³/mol. The maximum atomic E-state index is 13.4. The van der Waals surface area contributed by atoms with E-state index in [1.54, 1.807) is 85.0 Å². The molecule has 0 unspecified atom stereocenters. The van der Waals surface area contributed by atoms with E-state index in [0.29, 0.717) is 25.7 Å². The van der Waals surface area contributed by atoms with E-state index in [0.717, 1.165) is 22.3 Å². The zero-order valence-electron chi connectivity index (χ0n) is 36.5. The maximum Gasteiger partial charge on any atom is 2.00 e. The maximum absolute atomic E-state index is 13.4. The van der Waals surface area contributed by atoms with E-state index in [1.807, 2.05) is 0 Å². The summed E-state index contributed by atoms with van der Waals surface area (Å²) in [6.45, 7) is 15.2. The van der Waals surface area contributed by atoms with Crippen LogP contribution in [0.15, 0.2) is 131 Å². The van der Waals surface area contributed by atoms with Crippen molar-refractivity contribution in [2.45, 2.75) is 25.7 Å². The summed E-state index contributed by atoms with van der Waals surface area (Å²) in [5.74, 6) is -1.06. The summed E-state index contributed by atoms with van der Waals surface area (Å²) in [5.41, 5.74) is 4.84. The Morgan fingerprint density at radius 1 is 0.375 bits per heavy atom. The van der Waals surface area contributed by atoms with E-state index >= 15 is 0 Å². The predicted octanol–water partition coefficient (Wildman–Crippen LogP) is 7.93. The summed E-state index contributed by atoms with van der Waals surface area (Å²) < 4.78 is 21.5. The Kier molecular flexibility index (Phi) is 20.1. The Labute approximate surface area is 399 Å². The molecule has 0 bridgehead atoms. The molecule has 5 aromatic carbocycles. The minimum absolute atomic E-state index is 0. The first-order chi connectivity index (χ1) is 30.0. The van der Waals surface area contributed by atoms with Crippen molar-refractivity contribution in [3.8, 4) is 46.0 Å². The van der Waals surface area contributed by atoms with Gasteiger partial charge in [-0.1, -0.05) is 71.6 Å². The van der Waals surface area contributed by atoms with Crippen LogP contribution in [-0.2, 0) is 64.6 Å². The molecule has 0 heterocycles. The van der Waals surface area contributed by atoms with E-state index in [9.17, 15) is 20.4 Å². The summed E-state index contributed by atoms with van der Waals surface area (Å²) in [6, 6.07) is 16.5. The third kappa shape index (κ3) is 12.7. The molecule has 0 saturated heterocycles. The second kappa shape index (κ2) is 24.9. The Balaban J connectivity index is 0.00000544. The standard InChI is InChI=1S/C50H50N4O8.2Zn/c1-9-13-31-17-35(47(55)43(21-31)59-5)27-51-39-25-41(53-29-37-19-33(15-11-3)23-45(61-7)49(37)57)42(54-30-38-20-34(16-12-4)24-46(62-8)50(38)58)26-40(39)52-28-36-18-32(14-10-2)22-44(60-6)48(36)56;;/h9-12,17-30,55-58H,1-4,13-16H2,5-8H3;;/q;2*+2/p-4. The summed E-state index contributed by atoms with van der Waals surface area (Å²) >= 11 is 0. The summed E-state index contributed by atoms with van der Waals surface area (Å²) in [6.07, 6.45) is 14.2. The van der Waals surface area contributed by atoms with Gasteiger partial charge in [-0.05, 0) is 107 Å². The normalized spacial score (nSPS) is 11.1. The van der Waals surface area contributed by atoms with Crippen LogP contribution in [0.3, 0.4) is 0 Å². The molecule has 0 radical (unpaired) electrons. The number of hydrogen-bond donors (Lipinski definition) is 0. The molecule has 0 spiro atoms. The molecule has 0 N–H and O–H groups in total. The zero-order valence-corrected chi connectivity index (χ0v) is 42.5. The number of methoxy groups -OCH3 is 4. The van der Waals surface area contributed by atoms with Crippen LogP contribution in [0.5, 0.6) is 46.0 Å². The monoisotopic (exact) mass is 958 g/mol. The molecule has 14 heteroatoms. The average Bonchev–Trinajstić information content (AvgIpc) is 3.27. The van der Waals surface area contributed by atoms with Crippen LogP contribution in [-0.4, -0.2) is 53.3 Å². The van der Waals surface area contributed by atoms with Crippen molar-refractivity contribution >= 4 is 47.6 Å². The number of aliphatic imine (C=N–C) groups is 4. The van der Waals surface area contributed by atoms with E-state index in [1.165, 1.54) is 53.3 Å². The number of benzene rings is 5. The second-order valence-electron chi connectivity index (χ2n) is 13.7. The molecule has 0 fully saturated rings. The van der Waals surface area contributed by atoms with Gasteiger partial charge in [-0.2, -0.15) is 0 Å². The van der Waals surface area contributed by atoms with Gasteiger partial charge in [-0.25, -0.2) is 0 Å². The third-order valence-electron chi connectivity index (χ3n) is 9.42. The number of rotatable bonds is 20. The van der Waals surface area contributed by atoms with Crippen molar-refractivity contribution < 1.29 is 78.3 Å². The minimum Gasteiger partial charge on any atom is -0.870 e. The van der Waals surface area contributed by atoms with Crippen LogP contribution in [0.1, 0.15) is 44.5 Å². The Bertz CT molecular complexity index is 2270. The van der Waals surface area contributed by atoms with Gasteiger partial charge in [0, 0.05) is 24.9 Å². The van der Waals surface area contributed by atoms with Crippen molar-refractivity contribution in [3.05, 3.63) is 156 Å². The first-order valence-corrected chi connectivity index (χ1v) is 19.3. The minimum atomic E-state index is -0.394. The SMILES string of the molecule is C=CCc1cc(C=Nc2cc(N=Cc3cc(CC=C)cc(OC)c3[O-])c(N=Cc3cc(CC=C)cc(OC)c3[O-])cc2N=Cc2cc(CC=C)cc(OC)c2[O-])c([O-])c(OC)c1.[Zn+2].[Zn+2]. The number of hydrogen-bond acceptors (Lipinski definition) is 12. The summed E-state index contributed by atoms with van der Waals surface area (Å²) in [7, 11) is 5.64. The van der Waals surface area contributed by atoms with Gasteiger partial charge in [0.1, 0.15) is 23.0 Å². The fourth-order valence-corrected chi connectivity index (χ4v) is 6.39. The summed E-state index contributed by atoms with van der Waals surface area (Å²) in [4.78, 5) is 18.9. The van der Waals surface area contributed by atoms with Crippen LogP contribution >= 0.6 is 0 Å². The molecule has 0 aliphatic rings. The molecule has 5 aromatic rings. The topological polar surface area (TPSA) is 179 Å². The molecule has 318 valence electrons. The van der Waals surface area contributed by atoms with Crippen molar-refractivity contribution in [3.63, 3.8) is 0 Å². The largest absolute Gasteiger partial charge is 2.00 e. The van der Waals surface area contributed by atoms with Gasteiger partial charge in [0.25, 0.3) is 0 Å². The number of nitrogens with zero attached hydrogens (tertiary/aromatic N) is 4. The van der Waals surface area contributed by atoms with Gasteiger partial charge in [0.2, 0.25) is 0 Å².